The molecule has 0 fully saturated rings. The molecule has 1 amide bonds. The Morgan fingerprint density at radius 1 is 1.13 bits per heavy atom. The second-order valence-electron chi connectivity index (χ2n) is 6.83. The molecule has 31 heavy (non-hydrogen) atoms. The number of nitrogens with one attached hydrogen (secondary N) is 1. The van der Waals surface area contributed by atoms with E-state index in [9.17, 15) is 9.59 Å². The second-order valence-corrected chi connectivity index (χ2v) is 7.24. The van der Waals surface area contributed by atoms with Crippen molar-refractivity contribution in [1.82, 2.24) is 19.3 Å². The molecule has 0 aliphatic carbocycles. The fraction of sp³-hybridized carbons (Fsp3) is 0.143. The molecule has 5 rings (SSSR count). The van der Waals surface area contributed by atoms with Gasteiger partial charge in [-0.05, 0) is 12.1 Å². The number of ether oxygens (including phenoxy) is 2. The van der Waals surface area contributed by atoms with Crippen molar-refractivity contribution in [1.29, 1.82) is 0 Å². The van der Waals surface area contributed by atoms with Crippen LogP contribution < -0.4 is 20.3 Å². The molecular formula is C21H16ClN5O4. The van der Waals surface area contributed by atoms with Gasteiger partial charge in [-0.1, -0.05) is 29.8 Å². The highest BCUT2D eigenvalue weighted by Crippen LogP contribution is 2.37. The van der Waals surface area contributed by atoms with Gasteiger partial charge in [-0.15, -0.1) is 0 Å². The van der Waals surface area contributed by atoms with E-state index < -0.39 is 5.91 Å². The number of carbonyl (C=O) groups is 1. The Balaban J connectivity index is 1.39. The summed E-state index contributed by atoms with van der Waals surface area (Å²) in [5.41, 5.74) is 1.21. The Bertz CT molecular complexity index is 1350. The molecule has 0 unspecified atom stereocenters. The summed E-state index contributed by atoms with van der Waals surface area (Å²) in [5.74, 6) is 0.590. The molecule has 0 saturated carbocycles. The predicted molar refractivity (Wildman–Crippen MR) is 114 cm³/mol. The van der Waals surface area contributed by atoms with Crippen LogP contribution in [0, 0.1) is 0 Å². The van der Waals surface area contributed by atoms with Crippen LogP contribution in [0.25, 0.3) is 16.7 Å². The van der Waals surface area contributed by atoms with E-state index in [0.717, 1.165) is 5.69 Å². The van der Waals surface area contributed by atoms with Gasteiger partial charge in [0.15, 0.2) is 17.1 Å². The lowest BCUT2D eigenvalue weighted by atomic mass is 10.2. The summed E-state index contributed by atoms with van der Waals surface area (Å²) < 4.78 is 13.8. The number of carbonyl (C=O) groups excluding carboxylic acids is 1. The van der Waals surface area contributed by atoms with Crippen LogP contribution in [0.15, 0.2) is 59.8 Å². The molecule has 0 bridgehead atoms. The fourth-order valence-corrected chi connectivity index (χ4v) is 3.52. The molecule has 0 atom stereocenters. The van der Waals surface area contributed by atoms with Crippen LogP contribution in [0.1, 0.15) is 0 Å². The van der Waals surface area contributed by atoms with E-state index in [1.54, 1.807) is 16.8 Å². The summed E-state index contributed by atoms with van der Waals surface area (Å²) in [4.78, 5) is 29.7. The number of anilines is 1. The number of hydrogen-bond donors (Lipinski definition) is 1. The quantitative estimate of drug-likeness (QED) is 0.527. The Labute approximate surface area is 180 Å². The van der Waals surface area contributed by atoms with Crippen molar-refractivity contribution in [2.45, 2.75) is 6.54 Å². The zero-order chi connectivity index (χ0) is 21.4. The lowest BCUT2D eigenvalue weighted by Gasteiger charge is -2.20. The third kappa shape index (κ3) is 3.59. The number of benzene rings is 2. The maximum absolute atomic E-state index is 12.8. The van der Waals surface area contributed by atoms with Crippen molar-refractivity contribution in [3.63, 3.8) is 0 Å². The molecule has 0 radical (unpaired) electrons. The first kappa shape index (κ1) is 19.1. The van der Waals surface area contributed by atoms with Crippen molar-refractivity contribution in [3.8, 4) is 17.2 Å². The van der Waals surface area contributed by atoms with Gasteiger partial charge in [0.2, 0.25) is 5.91 Å². The molecule has 2 aromatic heterocycles. The van der Waals surface area contributed by atoms with Crippen LogP contribution in [0.2, 0.25) is 5.02 Å². The number of halogens is 1. The minimum absolute atomic E-state index is 0.233. The van der Waals surface area contributed by atoms with E-state index >= 15 is 0 Å². The standard InChI is InChI=1S/C21H16ClN5O4/c22-15-8-17-18(31-7-6-30-17)9-16(15)25-19(28)11-26-12-23-20-14(21(26)29)10-24-27(20)13-4-2-1-3-5-13/h1-5,8-10,12H,6-7,11H2,(H,25,28). The number of nitrogens with zero attached hydrogens (tertiary/aromatic N) is 4. The molecule has 0 spiro atoms. The van der Waals surface area contributed by atoms with Gasteiger partial charge in [-0.25, -0.2) is 9.67 Å². The van der Waals surface area contributed by atoms with E-state index in [0.29, 0.717) is 46.5 Å². The van der Waals surface area contributed by atoms with Crippen LogP contribution >= 0.6 is 11.6 Å². The van der Waals surface area contributed by atoms with Gasteiger partial charge in [0, 0.05) is 12.1 Å². The first-order valence-corrected chi connectivity index (χ1v) is 9.85. The van der Waals surface area contributed by atoms with Crippen molar-refractivity contribution < 1.29 is 14.3 Å². The number of aromatic nitrogens is 4. The average Bonchev–Trinajstić information content (AvgIpc) is 3.22. The Kier molecular flexibility index (Phi) is 4.79. The van der Waals surface area contributed by atoms with Gasteiger partial charge >= 0.3 is 0 Å². The van der Waals surface area contributed by atoms with Crippen LogP contribution in [-0.2, 0) is 11.3 Å². The zero-order valence-electron chi connectivity index (χ0n) is 16.1. The van der Waals surface area contributed by atoms with Gasteiger partial charge in [-0.3, -0.25) is 14.2 Å². The minimum atomic E-state index is -0.433. The summed E-state index contributed by atoms with van der Waals surface area (Å²) in [6.45, 7) is 0.622. The fourth-order valence-electron chi connectivity index (χ4n) is 3.32. The molecular weight excluding hydrogens is 422 g/mol. The van der Waals surface area contributed by atoms with Crippen LogP contribution in [0.5, 0.6) is 11.5 Å². The molecule has 1 N–H and O–H groups in total. The number of amides is 1. The van der Waals surface area contributed by atoms with Gasteiger partial charge in [0.05, 0.1) is 22.6 Å². The smallest absolute Gasteiger partial charge is 0.264 e. The maximum Gasteiger partial charge on any atom is 0.264 e. The van der Waals surface area contributed by atoms with Gasteiger partial charge in [0.1, 0.15) is 31.5 Å². The van der Waals surface area contributed by atoms with Crippen molar-refractivity contribution in [2.24, 2.45) is 0 Å². The number of hydrogen-bond acceptors (Lipinski definition) is 6. The molecule has 0 saturated heterocycles. The van der Waals surface area contributed by atoms with Gasteiger partial charge < -0.3 is 14.8 Å². The molecule has 4 aromatic rings. The van der Waals surface area contributed by atoms with E-state index in [2.05, 4.69) is 15.4 Å². The Morgan fingerprint density at radius 3 is 2.65 bits per heavy atom. The molecule has 3 heterocycles. The Morgan fingerprint density at radius 2 is 1.87 bits per heavy atom. The average molecular weight is 438 g/mol. The largest absolute Gasteiger partial charge is 0.486 e. The summed E-state index contributed by atoms with van der Waals surface area (Å²) in [7, 11) is 0. The lowest BCUT2D eigenvalue weighted by Crippen LogP contribution is -2.28. The molecule has 156 valence electrons. The van der Waals surface area contributed by atoms with Crippen molar-refractivity contribution in [2.75, 3.05) is 18.5 Å². The highest BCUT2D eigenvalue weighted by molar-refractivity contribution is 6.34. The summed E-state index contributed by atoms with van der Waals surface area (Å²) >= 11 is 6.24. The number of para-hydroxylation sites is 1. The summed E-state index contributed by atoms with van der Waals surface area (Å²) in [6, 6.07) is 12.6. The number of rotatable bonds is 4. The zero-order valence-corrected chi connectivity index (χ0v) is 16.9. The van der Waals surface area contributed by atoms with E-state index in [4.69, 9.17) is 21.1 Å². The molecule has 10 heteroatoms. The van der Waals surface area contributed by atoms with Crippen LogP contribution in [-0.4, -0.2) is 38.5 Å². The van der Waals surface area contributed by atoms with Crippen LogP contribution in [0.3, 0.4) is 0 Å². The Hall–Kier alpha value is -3.85. The van der Waals surface area contributed by atoms with E-state index in [1.165, 1.54) is 17.1 Å². The topological polar surface area (TPSA) is 100 Å². The monoisotopic (exact) mass is 437 g/mol. The maximum atomic E-state index is 12.8. The molecule has 9 nitrogen and oxygen atoms in total. The molecule has 1 aliphatic heterocycles. The number of fused-ring (bicyclic) bond motifs is 2. The minimum Gasteiger partial charge on any atom is -0.486 e. The molecule has 2 aromatic carbocycles. The molecule has 1 aliphatic rings. The normalized spacial score (nSPS) is 12.7. The van der Waals surface area contributed by atoms with Gasteiger partial charge in [-0.2, -0.15) is 5.10 Å². The van der Waals surface area contributed by atoms with Gasteiger partial charge in [0.25, 0.3) is 5.56 Å². The summed E-state index contributed by atoms with van der Waals surface area (Å²) in [5, 5.41) is 7.59. The summed E-state index contributed by atoms with van der Waals surface area (Å²) in [6.07, 6.45) is 2.78. The lowest BCUT2D eigenvalue weighted by molar-refractivity contribution is -0.116. The second kappa shape index (κ2) is 7.77. The highest BCUT2D eigenvalue weighted by Gasteiger charge is 2.18. The SMILES string of the molecule is O=C(Cn1cnc2c(cnn2-c2ccccc2)c1=O)Nc1cc2c(cc1Cl)OCCO2. The van der Waals surface area contributed by atoms with E-state index in [1.807, 2.05) is 30.3 Å². The van der Waals surface area contributed by atoms with Crippen molar-refractivity contribution in [3.05, 3.63) is 70.4 Å². The van der Waals surface area contributed by atoms with Crippen LogP contribution in [0.4, 0.5) is 5.69 Å². The van der Waals surface area contributed by atoms with E-state index in [-0.39, 0.29) is 12.1 Å². The highest BCUT2D eigenvalue weighted by atomic mass is 35.5. The first-order chi connectivity index (χ1) is 15.1. The van der Waals surface area contributed by atoms with Crippen molar-refractivity contribution >= 4 is 34.2 Å². The third-order valence-electron chi connectivity index (χ3n) is 4.78. The predicted octanol–water partition coefficient (Wildman–Crippen LogP) is 2.65. The third-order valence-corrected chi connectivity index (χ3v) is 5.09. The first-order valence-electron chi connectivity index (χ1n) is 9.48.